The van der Waals surface area contributed by atoms with Crippen molar-refractivity contribution in [1.29, 1.82) is 0 Å². The van der Waals surface area contributed by atoms with Crippen molar-refractivity contribution in [2.24, 2.45) is 0 Å². The number of sulfonamides is 1. The molecule has 0 fully saturated rings. The lowest BCUT2D eigenvalue weighted by atomic mass is 10.2. The Hall–Kier alpha value is -1.96. The lowest BCUT2D eigenvalue weighted by molar-refractivity contribution is -0.118. The SMILES string of the molecule is COc1ccc(N(CCNC(C)=O)S(C)(=O)=O)cc1OC. The van der Waals surface area contributed by atoms with Crippen LogP contribution in [0.2, 0.25) is 0 Å². The molecule has 0 aromatic heterocycles. The van der Waals surface area contributed by atoms with Crippen LogP contribution in [0.15, 0.2) is 18.2 Å². The Kier molecular flexibility index (Phi) is 5.83. The molecule has 118 valence electrons. The molecule has 0 aliphatic carbocycles. The molecule has 0 saturated heterocycles. The number of hydrogen-bond acceptors (Lipinski definition) is 5. The molecule has 0 radical (unpaired) electrons. The Morgan fingerprint density at radius 1 is 1.24 bits per heavy atom. The number of nitrogens with one attached hydrogen (secondary N) is 1. The van der Waals surface area contributed by atoms with Crippen molar-refractivity contribution >= 4 is 21.6 Å². The van der Waals surface area contributed by atoms with Crippen LogP contribution in [0.3, 0.4) is 0 Å². The van der Waals surface area contributed by atoms with E-state index in [0.29, 0.717) is 17.2 Å². The summed E-state index contributed by atoms with van der Waals surface area (Å²) in [5, 5.41) is 2.57. The summed E-state index contributed by atoms with van der Waals surface area (Å²) >= 11 is 0. The highest BCUT2D eigenvalue weighted by atomic mass is 32.2. The fourth-order valence-corrected chi connectivity index (χ4v) is 2.72. The van der Waals surface area contributed by atoms with Crippen LogP contribution in [0.4, 0.5) is 5.69 Å². The predicted octanol–water partition coefficient (Wildman–Crippen LogP) is 0.606. The molecule has 0 saturated carbocycles. The molecular weight excluding hydrogens is 296 g/mol. The maximum Gasteiger partial charge on any atom is 0.232 e. The number of carbonyl (C=O) groups is 1. The summed E-state index contributed by atoms with van der Waals surface area (Å²) in [5.74, 6) is 0.732. The summed E-state index contributed by atoms with van der Waals surface area (Å²) in [6, 6.07) is 4.83. The van der Waals surface area contributed by atoms with Gasteiger partial charge >= 0.3 is 0 Å². The molecule has 1 aromatic carbocycles. The molecule has 0 aliphatic heterocycles. The second-order valence-corrected chi connectivity index (χ2v) is 6.26. The topological polar surface area (TPSA) is 84.9 Å². The van der Waals surface area contributed by atoms with Crippen LogP contribution in [0.25, 0.3) is 0 Å². The smallest absolute Gasteiger partial charge is 0.232 e. The van der Waals surface area contributed by atoms with E-state index in [1.165, 1.54) is 25.4 Å². The van der Waals surface area contributed by atoms with Gasteiger partial charge in [-0.25, -0.2) is 8.42 Å². The van der Waals surface area contributed by atoms with E-state index in [2.05, 4.69) is 5.32 Å². The van der Waals surface area contributed by atoms with Gasteiger partial charge in [0.25, 0.3) is 0 Å². The van der Waals surface area contributed by atoms with Crippen molar-refractivity contribution in [1.82, 2.24) is 5.32 Å². The first-order valence-electron chi connectivity index (χ1n) is 6.23. The zero-order chi connectivity index (χ0) is 16.0. The third-order valence-corrected chi connectivity index (χ3v) is 3.94. The van der Waals surface area contributed by atoms with Gasteiger partial charge < -0.3 is 14.8 Å². The summed E-state index contributed by atoms with van der Waals surface area (Å²) in [5.41, 5.74) is 0.445. The quantitative estimate of drug-likeness (QED) is 0.796. The Morgan fingerprint density at radius 2 is 1.86 bits per heavy atom. The number of anilines is 1. The van der Waals surface area contributed by atoms with Gasteiger partial charge in [0.15, 0.2) is 11.5 Å². The molecule has 7 nitrogen and oxygen atoms in total. The molecule has 21 heavy (non-hydrogen) atoms. The standard InChI is InChI=1S/C13H20N2O5S/c1-10(16)14-7-8-15(21(4,17)18)11-5-6-12(19-2)13(9-11)20-3/h5-6,9H,7-8H2,1-4H3,(H,14,16). The second kappa shape index (κ2) is 7.16. The van der Waals surface area contributed by atoms with Gasteiger partial charge in [-0.15, -0.1) is 0 Å². The van der Waals surface area contributed by atoms with E-state index in [9.17, 15) is 13.2 Å². The van der Waals surface area contributed by atoms with E-state index >= 15 is 0 Å². The zero-order valence-corrected chi connectivity index (χ0v) is 13.4. The minimum atomic E-state index is -3.47. The van der Waals surface area contributed by atoms with Crippen LogP contribution in [0.5, 0.6) is 11.5 Å². The van der Waals surface area contributed by atoms with Crippen LogP contribution in [-0.2, 0) is 14.8 Å². The van der Waals surface area contributed by atoms with Crippen LogP contribution >= 0.6 is 0 Å². The Balaban J connectivity index is 3.06. The molecular formula is C13H20N2O5S. The van der Waals surface area contributed by atoms with Gasteiger partial charge in [-0.3, -0.25) is 9.10 Å². The highest BCUT2D eigenvalue weighted by Crippen LogP contribution is 2.32. The Bertz CT molecular complexity index is 601. The van der Waals surface area contributed by atoms with Crippen LogP contribution in [0, 0.1) is 0 Å². The molecule has 0 aliphatic rings. The maximum atomic E-state index is 11.9. The van der Waals surface area contributed by atoms with Gasteiger partial charge in [-0.1, -0.05) is 0 Å². The monoisotopic (exact) mass is 316 g/mol. The molecule has 0 spiro atoms. The van der Waals surface area contributed by atoms with Crippen molar-refractivity contribution in [3.63, 3.8) is 0 Å². The molecule has 0 unspecified atom stereocenters. The number of carbonyl (C=O) groups excluding carboxylic acids is 1. The van der Waals surface area contributed by atoms with E-state index in [4.69, 9.17) is 9.47 Å². The van der Waals surface area contributed by atoms with Crippen molar-refractivity contribution in [2.75, 3.05) is 37.9 Å². The number of rotatable bonds is 7. The molecule has 0 atom stereocenters. The van der Waals surface area contributed by atoms with Gasteiger partial charge in [-0.05, 0) is 12.1 Å². The minimum Gasteiger partial charge on any atom is -0.493 e. The molecule has 1 amide bonds. The number of hydrogen-bond donors (Lipinski definition) is 1. The largest absolute Gasteiger partial charge is 0.493 e. The highest BCUT2D eigenvalue weighted by molar-refractivity contribution is 7.92. The summed E-state index contributed by atoms with van der Waals surface area (Å²) in [6.45, 7) is 1.73. The van der Waals surface area contributed by atoms with Gasteiger partial charge in [0.05, 0.1) is 32.7 Å². The molecule has 1 aromatic rings. The first-order valence-corrected chi connectivity index (χ1v) is 8.08. The molecule has 8 heteroatoms. The Morgan fingerprint density at radius 3 is 2.33 bits per heavy atom. The number of benzene rings is 1. The first-order chi connectivity index (χ1) is 9.79. The average Bonchev–Trinajstić information content (AvgIpc) is 2.41. The second-order valence-electron chi connectivity index (χ2n) is 4.36. The molecule has 0 bridgehead atoms. The van der Waals surface area contributed by atoms with Crippen LogP contribution in [0.1, 0.15) is 6.92 Å². The third kappa shape index (κ3) is 4.82. The zero-order valence-electron chi connectivity index (χ0n) is 12.5. The summed E-state index contributed by atoms with van der Waals surface area (Å²) in [6.07, 6.45) is 1.11. The summed E-state index contributed by atoms with van der Waals surface area (Å²) < 4.78 is 35.3. The van der Waals surface area contributed by atoms with Gasteiger partial charge in [0.1, 0.15) is 0 Å². The van der Waals surface area contributed by atoms with E-state index < -0.39 is 10.0 Å². The van der Waals surface area contributed by atoms with Gasteiger partial charge in [0, 0.05) is 19.5 Å². The normalized spacial score (nSPS) is 10.9. The van der Waals surface area contributed by atoms with E-state index in [0.717, 1.165) is 6.26 Å². The van der Waals surface area contributed by atoms with E-state index in [1.807, 2.05) is 0 Å². The lowest BCUT2D eigenvalue weighted by Crippen LogP contribution is -2.37. The van der Waals surface area contributed by atoms with Crippen molar-refractivity contribution in [2.45, 2.75) is 6.92 Å². The molecule has 0 heterocycles. The molecule has 1 N–H and O–H groups in total. The molecule has 1 rings (SSSR count). The van der Waals surface area contributed by atoms with Crippen molar-refractivity contribution < 1.29 is 22.7 Å². The van der Waals surface area contributed by atoms with Gasteiger partial charge in [-0.2, -0.15) is 0 Å². The highest BCUT2D eigenvalue weighted by Gasteiger charge is 2.19. The maximum absolute atomic E-state index is 11.9. The van der Waals surface area contributed by atoms with Crippen molar-refractivity contribution in [3.05, 3.63) is 18.2 Å². The minimum absolute atomic E-state index is 0.133. The first kappa shape index (κ1) is 17.1. The van der Waals surface area contributed by atoms with Crippen LogP contribution in [-0.4, -0.2) is 47.9 Å². The van der Waals surface area contributed by atoms with Gasteiger partial charge in [0.2, 0.25) is 15.9 Å². The van der Waals surface area contributed by atoms with E-state index in [-0.39, 0.29) is 19.0 Å². The number of amides is 1. The lowest BCUT2D eigenvalue weighted by Gasteiger charge is -2.23. The average molecular weight is 316 g/mol. The fourth-order valence-electron chi connectivity index (χ4n) is 1.80. The Labute approximate surface area is 124 Å². The van der Waals surface area contributed by atoms with E-state index in [1.54, 1.807) is 18.2 Å². The summed E-state index contributed by atoms with van der Waals surface area (Å²) in [4.78, 5) is 10.9. The number of methoxy groups -OCH3 is 2. The fraction of sp³-hybridized carbons (Fsp3) is 0.462. The van der Waals surface area contributed by atoms with Crippen LogP contribution < -0.4 is 19.1 Å². The number of nitrogens with zero attached hydrogens (tertiary/aromatic N) is 1. The number of ether oxygens (including phenoxy) is 2. The third-order valence-electron chi connectivity index (χ3n) is 2.74. The predicted molar refractivity (Wildman–Crippen MR) is 80.4 cm³/mol. The summed E-state index contributed by atoms with van der Waals surface area (Å²) in [7, 11) is -0.496. The van der Waals surface area contributed by atoms with Crippen molar-refractivity contribution in [3.8, 4) is 11.5 Å².